The summed E-state index contributed by atoms with van der Waals surface area (Å²) in [5, 5.41) is 0.981. The number of fused-ring (bicyclic) bond motifs is 1. The minimum atomic E-state index is 0.981. The van der Waals surface area contributed by atoms with Crippen LogP contribution in [0.4, 0.5) is 0 Å². The fraction of sp³-hybridized carbons (Fsp3) is 1.00. The molecule has 2 rings (SSSR count). The van der Waals surface area contributed by atoms with Crippen molar-refractivity contribution >= 4 is 11.8 Å². The molecule has 28 valence electrons. The highest BCUT2D eigenvalue weighted by Crippen LogP contribution is 2.41. The van der Waals surface area contributed by atoms with Crippen LogP contribution < -0.4 is 0 Å². The van der Waals surface area contributed by atoms with Gasteiger partial charge in [-0.25, -0.2) is 0 Å². The van der Waals surface area contributed by atoms with Crippen LogP contribution in [-0.4, -0.2) is 22.7 Å². The van der Waals surface area contributed by atoms with E-state index in [4.69, 9.17) is 0 Å². The monoisotopic (exact) mass is 87.0 g/mol. The maximum absolute atomic E-state index is 2.44. The SMILES string of the molecule is C1SC2CN12. The van der Waals surface area contributed by atoms with Gasteiger partial charge in [0.15, 0.2) is 0 Å². The summed E-state index contributed by atoms with van der Waals surface area (Å²) in [6, 6.07) is 0. The topological polar surface area (TPSA) is 3.01 Å². The van der Waals surface area contributed by atoms with Crippen molar-refractivity contribution in [1.82, 2.24) is 4.90 Å². The van der Waals surface area contributed by atoms with E-state index < -0.39 is 0 Å². The van der Waals surface area contributed by atoms with Crippen LogP contribution in [0.3, 0.4) is 0 Å². The van der Waals surface area contributed by atoms with E-state index in [1.807, 2.05) is 0 Å². The smallest absolute Gasteiger partial charge is 0.0707 e. The van der Waals surface area contributed by atoms with Gasteiger partial charge in [0.25, 0.3) is 0 Å². The molecule has 0 aromatic heterocycles. The van der Waals surface area contributed by atoms with Gasteiger partial charge in [-0.1, -0.05) is 0 Å². The summed E-state index contributed by atoms with van der Waals surface area (Å²) < 4.78 is 0. The molecule has 2 heterocycles. The molecule has 1 nitrogen and oxygen atoms in total. The molecule has 0 radical (unpaired) electrons. The average molecular weight is 87.1 g/mol. The number of hydrogen-bond donors (Lipinski definition) is 0. The molecule has 5 heavy (non-hydrogen) atoms. The number of rotatable bonds is 0. The van der Waals surface area contributed by atoms with Gasteiger partial charge >= 0.3 is 0 Å². The van der Waals surface area contributed by atoms with Crippen LogP contribution in [0.1, 0.15) is 0 Å². The number of hydrogen-bond acceptors (Lipinski definition) is 2. The lowest BCUT2D eigenvalue weighted by Gasteiger charge is -2.08. The van der Waals surface area contributed by atoms with Crippen molar-refractivity contribution in [3.63, 3.8) is 0 Å². The Morgan fingerprint density at radius 3 is 2.60 bits per heavy atom. The van der Waals surface area contributed by atoms with Gasteiger partial charge in [-0.05, 0) is 0 Å². The Hall–Kier alpha value is 0.310. The molecule has 2 aliphatic rings. The lowest BCUT2D eigenvalue weighted by atomic mass is 11.0. The first-order valence-electron chi connectivity index (χ1n) is 1.82. The molecule has 0 amide bonds. The van der Waals surface area contributed by atoms with Crippen LogP contribution in [0, 0.1) is 0 Å². The van der Waals surface area contributed by atoms with E-state index in [1.165, 1.54) is 12.4 Å². The second-order valence-electron chi connectivity index (χ2n) is 1.52. The van der Waals surface area contributed by atoms with Crippen molar-refractivity contribution in [3.05, 3.63) is 0 Å². The summed E-state index contributed by atoms with van der Waals surface area (Å²) in [6.07, 6.45) is 0. The number of nitrogens with zero attached hydrogens (tertiary/aromatic N) is 1. The Morgan fingerprint density at radius 1 is 1.80 bits per heavy atom. The van der Waals surface area contributed by atoms with E-state index in [2.05, 4.69) is 16.7 Å². The largest absolute Gasteiger partial charge is 0.279 e. The van der Waals surface area contributed by atoms with Crippen molar-refractivity contribution < 1.29 is 0 Å². The third-order valence-electron chi connectivity index (χ3n) is 1.10. The van der Waals surface area contributed by atoms with Gasteiger partial charge in [-0.3, -0.25) is 4.90 Å². The van der Waals surface area contributed by atoms with Crippen molar-refractivity contribution in [3.8, 4) is 0 Å². The van der Waals surface area contributed by atoms with Crippen LogP contribution in [0.25, 0.3) is 0 Å². The molecule has 0 aromatic rings. The van der Waals surface area contributed by atoms with Gasteiger partial charge in [0.2, 0.25) is 0 Å². The zero-order valence-electron chi connectivity index (χ0n) is 2.85. The summed E-state index contributed by atoms with van der Waals surface area (Å²) in [5.74, 6) is 1.31. The van der Waals surface area contributed by atoms with Crippen molar-refractivity contribution in [1.29, 1.82) is 0 Å². The summed E-state index contributed by atoms with van der Waals surface area (Å²) in [5.41, 5.74) is 0. The van der Waals surface area contributed by atoms with Crippen LogP contribution in [0.2, 0.25) is 0 Å². The molecule has 0 saturated carbocycles. The van der Waals surface area contributed by atoms with Gasteiger partial charge in [-0.2, -0.15) is 0 Å². The van der Waals surface area contributed by atoms with Crippen LogP contribution in [0.15, 0.2) is 0 Å². The zero-order valence-corrected chi connectivity index (χ0v) is 3.66. The predicted molar refractivity (Wildman–Crippen MR) is 23.0 cm³/mol. The third kappa shape index (κ3) is 0.180. The maximum Gasteiger partial charge on any atom is 0.0707 e. The van der Waals surface area contributed by atoms with E-state index in [-0.39, 0.29) is 0 Å². The third-order valence-corrected chi connectivity index (χ3v) is 2.41. The van der Waals surface area contributed by atoms with Gasteiger partial charge in [-0.15, -0.1) is 11.8 Å². The summed E-state index contributed by atoms with van der Waals surface area (Å²) in [7, 11) is 0. The Morgan fingerprint density at radius 2 is 2.60 bits per heavy atom. The highest BCUT2D eigenvalue weighted by Gasteiger charge is 2.42. The normalized spacial score (nSPS) is 57.6. The molecule has 0 spiro atoms. The van der Waals surface area contributed by atoms with Crippen LogP contribution >= 0.6 is 11.8 Å². The average Bonchev–Trinajstić information content (AvgIpc) is 1.74. The molecule has 2 heteroatoms. The van der Waals surface area contributed by atoms with Gasteiger partial charge in [0.1, 0.15) is 0 Å². The Bertz CT molecular complexity index is 51.9. The number of thioether (sulfide) groups is 1. The fourth-order valence-corrected chi connectivity index (χ4v) is 1.52. The van der Waals surface area contributed by atoms with Crippen molar-refractivity contribution in [2.45, 2.75) is 5.37 Å². The molecule has 0 aliphatic carbocycles. The second kappa shape index (κ2) is 0.545. The second-order valence-corrected chi connectivity index (χ2v) is 2.66. The minimum absolute atomic E-state index is 0.981. The molecule has 2 unspecified atom stereocenters. The quantitative estimate of drug-likeness (QED) is 0.392. The lowest BCUT2D eigenvalue weighted by molar-refractivity contribution is 0.623. The predicted octanol–water partition coefficient (Wildman–Crippen LogP) is 0.332. The lowest BCUT2D eigenvalue weighted by Crippen LogP contribution is -2.08. The minimum Gasteiger partial charge on any atom is -0.279 e. The molecule has 2 fully saturated rings. The summed E-state index contributed by atoms with van der Waals surface area (Å²) >= 11 is 2.06. The first-order chi connectivity index (χ1) is 2.47. The maximum atomic E-state index is 2.44. The van der Waals surface area contributed by atoms with E-state index in [0.717, 1.165) is 5.37 Å². The van der Waals surface area contributed by atoms with E-state index in [9.17, 15) is 0 Å². The van der Waals surface area contributed by atoms with Gasteiger partial charge in [0.05, 0.1) is 5.37 Å². The van der Waals surface area contributed by atoms with E-state index in [1.54, 1.807) is 0 Å². The van der Waals surface area contributed by atoms with Crippen LogP contribution in [0.5, 0.6) is 0 Å². The Labute approximate surface area is 35.3 Å². The van der Waals surface area contributed by atoms with E-state index in [0.29, 0.717) is 0 Å². The Kier molecular flexibility index (Phi) is 0.270. The molecule has 0 bridgehead atoms. The van der Waals surface area contributed by atoms with Crippen molar-refractivity contribution in [2.24, 2.45) is 0 Å². The summed E-state index contributed by atoms with van der Waals surface area (Å²) in [4.78, 5) is 2.44. The highest BCUT2D eigenvalue weighted by molar-refractivity contribution is 8.01. The first kappa shape index (κ1) is 2.48. The fourth-order valence-electron chi connectivity index (χ4n) is 0.544. The molecule has 2 atom stereocenters. The molecular weight excluding hydrogens is 82.1 g/mol. The van der Waals surface area contributed by atoms with Gasteiger partial charge in [0, 0.05) is 12.4 Å². The highest BCUT2D eigenvalue weighted by atomic mass is 32.2. The first-order valence-corrected chi connectivity index (χ1v) is 2.87. The van der Waals surface area contributed by atoms with E-state index >= 15 is 0 Å². The molecule has 0 aromatic carbocycles. The zero-order chi connectivity index (χ0) is 3.28. The molecular formula is C3H5NS. The molecule has 0 N–H and O–H groups in total. The van der Waals surface area contributed by atoms with Crippen molar-refractivity contribution in [2.75, 3.05) is 12.4 Å². The molecule has 2 aliphatic heterocycles. The summed E-state index contributed by atoms with van der Waals surface area (Å²) in [6.45, 7) is 1.38. The van der Waals surface area contributed by atoms with Gasteiger partial charge < -0.3 is 0 Å². The standard InChI is InChI=1S/C3H5NS/c1-3-4(1)2-5-3/h3H,1-2H2. The van der Waals surface area contributed by atoms with Crippen LogP contribution in [-0.2, 0) is 0 Å². The molecule has 2 saturated heterocycles. The Balaban J connectivity index is 2.19.